The van der Waals surface area contributed by atoms with Gasteiger partial charge in [-0.2, -0.15) is 4.68 Å². The molecule has 2 rings (SSSR count). The number of amides is 1. The van der Waals surface area contributed by atoms with Gasteiger partial charge < -0.3 is 20.2 Å². The highest BCUT2D eigenvalue weighted by Gasteiger charge is 2.20. The fraction of sp³-hybridized carbons (Fsp3) is 0.231. The van der Waals surface area contributed by atoms with Gasteiger partial charge >= 0.3 is 5.82 Å². The van der Waals surface area contributed by atoms with Crippen LogP contribution in [-0.4, -0.2) is 32.6 Å². The third-order valence-electron chi connectivity index (χ3n) is 3.12. The molecule has 11 nitrogen and oxygen atoms in total. The molecule has 1 heterocycles. The molecule has 132 valence electrons. The normalized spacial score (nSPS) is 10.3. The minimum absolute atomic E-state index is 0.0310. The minimum Gasteiger partial charge on any atom is -0.496 e. The minimum atomic E-state index is -0.651. The molecule has 0 aliphatic carbocycles. The van der Waals surface area contributed by atoms with E-state index in [9.17, 15) is 25.0 Å². The summed E-state index contributed by atoms with van der Waals surface area (Å²) in [5.41, 5.74) is -0.270. The molecule has 0 saturated heterocycles. The standard InChI is InChI=1S/C13H12BrN5O6/c1-25-8-2-3-10(11(6-8)18(21)22)15-12(20)4-5-17-7-9(14)13(16-17)19(23)24/h2-3,6-7H,4-5H2,1H3,(H,15,20). The van der Waals surface area contributed by atoms with E-state index < -0.39 is 15.8 Å². The molecule has 0 spiro atoms. The summed E-state index contributed by atoms with van der Waals surface area (Å²) in [7, 11) is 1.37. The Morgan fingerprint density at radius 2 is 2.08 bits per heavy atom. The van der Waals surface area contributed by atoms with Crippen LogP contribution in [0.15, 0.2) is 28.9 Å². The number of nitrogens with zero attached hydrogens (tertiary/aromatic N) is 4. The Bertz CT molecular complexity index is 836. The summed E-state index contributed by atoms with van der Waals surface area (Å²) in [6.07, 6.45) is 1.30. The van der Waals surface area contributed by atoms with Crippen LogP contribution in [0.2, 0.25) is 0 Å². The second-order valence-corrected chi connectivity index (χ2v) is 5.61. The molecule has 0 aliphatic heterocycles. The average molecular weight is 414 g/mol. The van der Waals surface area contributed by atoms with Crippen LogP contribution in [0.5, 0.6) is 5.75 Å². The Labute approximate surface area is 149 Å². The van der Waals surface area contributed by atoms with E-state index in [-0.39, 0.29) is 34.6 Å². The molecule has 1 aromatic carbocycles. The Hall–Kier alpha value is -3.02. The Balaban J connectivity index is 2.04. The average Bonchev–Trinajstić information content (AvgIpc) is 2.94. The molecule has 1 amide bonds. The van der Waals surface area contributed by atoms with Crippen LogP contribution in [0.1, 0.15) is 6.42 Å². The molecular formula is C13H12BrN5O6. The fourth-order valence-corrected chi connectivity index (χ4v) is 2.41. The number of ether oxygens (including phenoxy) is 1. The number of hydrogen-bond acceptors (Lipinski definition) is 7. The van der Waals surface area contributed by atoms with Gasteiger partial charge in [-0.15, -0.1) is 0 Å². The zero-order chi connectivity index (χ0) is 18.6. The summed E-state index contributed by atoms with van der Waals surface area (Å²) in [4.78, 5) is 32.5. The van der Waals surface area contributed by atoms with Crippen LogP contribution in [-0.2, 0) is 11.3 Å². The lowest BCUT2D eigenvalue weighted by Gasteiger charge is -2.07. The van der Waals surface area contributed by atoms with E-state index in [1.807, 2.05) is 0 Å². The van der Waals surface area contributed by atoms with Crippen LogP contribution in [0.4, 0.5) is 17.2 Å². The number of halogens is 1. The van der Waals surface area contributed by atoms with Gasteiger partial charge in [-0.3, -0.25) is 14.9 Å². The molecular weight excluding hydrogens is 402 g/mol. The highest BCUT2D eigenvalue weighted by molar-refractivity contribution is 9.10. The molecule has 0 aliphatic rings. The zero-order valence-corrected chi connectivity index (χ0v) is 14.4. The van der Waals surface area contributed by atoms with E-state index in [1.165, 1.54) is 36.2 Å². The molecule has 0 bridgehead atoms. The maximum absolute atomic E-state index is 12.0. The summed E-state index contributed by atoms with van der Waals surface area (Å²) >= 11 is 3.01. The summed E-state index contributed by atoms with van der Waals surface area (Å²) in [6.45, 7) is 0.0717. The number of aryl methyl sites for hydroxylation is 1. The molecule has 2 aromatic rings. The van der Waals surface area contributed by atoms with Crippen molar-refractivity contribution in [2.24, 2.45) is 0 Å². The third-order valence-corrected chi connectivity index (χ3v) is 3.68. The predicted octanol–water partition coefficient (Wildman–Crippen LogP) is 2.50. The first-order chi connectivity index (χ1) is 11.8. The Morgan fingerprint density at radius 3 is 2.64 bits per heavy atom. The SMILES string of the molecule is COc1ccc(NC(=O)CCn2cc(Br)c([N+](=O)[O-])n2)c([N+](=O)[O-])c1. The van der Waals surface area contributed by atoms with Gasteiger partial charge in [0.25, 0.3) is 5.69 Å². The van der Waals surface area contributed by atoms with Crippen LogP contribution in [0.25, 0.3) is 0 Å². The van der Waals surface area contributed by atoms with Crippen molar-refractivity contribution in [3.05, 3.63) is 49.1 Å². The quantitative estimate of drug-likeness (QED) is 0.542. The summed E-state index contributed by atoms with van der Waals surface area (Å²) in [5.74, 6) is -0.563. The highest BCUT2D eigenvalue weighted by atomic mass is 79.9. The number of nitro groups is 2. The van der Waals surface area contributed by atoms with E-state index in [0.29, 0.717) is 5.75 Å². The third kappa shape index (κ3) is 4.50. The van der Waals surface area contributed by atoms with Gasteiger partial charge in [0.1, 0.15) is 15.9 Å². The van der Waals surface area contributed by atoms with E-state index in [1.54, 1.807) is 0 Å². The molecule has 0 atom stereocenters. The lowest BCUT2D eigenvalue weighted by Crippen LogP contribution is -2.15. The van der Waals surface area contributed by atoms with Crippen LogP contribution < -0.4 is 10.1 Å². The molecule has 0 fully saturated rings. The first kappa shape index (κ1) is 18.3. The van der Waals surface area contributed by atoms with E-state index in [2.05, 4.69) is 26.3 Å². The number of benzene rings is 1. The lowest BCUT2D eigenvalue weighted by molar-refractivity contribution is -0.390. The number of nitro benzene ring substituents is 1. The van der Waals surface area contributed by atoms with Crippen molar-refractivity contribution in [1.82, 2.24) is 9.78 Å². The second kappa shape index (κ2) is 7.70. The van der Waals surface area contributed by atoms with Crippen molar-refractivity contribution in [2.75, 3.05) is 12.4 Å². The van der Waals surface area contributed by atoms with E-state index in [0.717, 1.165) is 0 Å². The monoisotopic (exact) mass is 413 g/mol. The first-order valence-electron chi connectivity index (χ1n) is 6.81. The van der Waals surface area contributed by atoms with Crippen molar-refractivity contribution in [3.8, 4) is 5.75 Å². The number of aromatic nitrogens is 2. The number of rotatable bonds is 7. The van der Waals surface area contributed by atoms with Gasteiger partial charge in [-0.25, -0.2) is 0 Å². The molecule has 12 heteroatoms. The van der Waals surface area contributed by atoms with Gasteiger partial charge in [0.15, 0.2) is 0 Å². The zero-order valence-electron chi connectivity index (χ0n) is 12.8. The Kier molecular flexibility index (Phi) is 5.64. The number of methoxy groups -OCH3 is 1. The van der Waals surface area contributed by atoms with Crippen LogP contribution in [0.3, 0.4) is 0 Å². The van der Waals surface area contributed by atoms with Gasteiger partial charge in [-0.1, -0.05) is 0 Å². The molecule has 25 heavy (non-hydrogen) atoms. The van der Waals surface area contributed by atoms with Crippen molar-refractivity contribution in [2.45, 2.75) is 13.0 Å². The highest BCUT2D eigenvalue weighted by Crippen LogP contribution is 2.29. The van der Waals surface area contributed by atoms with Crippen molar-refractivity contribution in [1.29, 1.82) is 0 Å². The van der Waals surface area contributed by atoms with Gasteiger partial charge in [0, 0.05) is 6.42 Å². The smallest absolute Gasteiger partial charge is 0.404 e. The summed E-state index contributed by atoms with van der Waals surface area (Å²) < 4.78 is 6.35. The second-order valence-electron chi connectivity index (χ2n) is 4.76. The van der Waals surface area contributed by atoms with Gasteiger partial charge in [0.2, 0.25) is 5.91 Å². The van der Waals surface area contributed by atoms with Crippen molar-refractivity contribution in [3.63, 3.8) is 0 Å². The summed E-state index contributed by atoms with van der Waals surface area (Å²) in [6, 6.07) is 4.05. The van der Waals surface area contributed by atoms with Gasteiger partial charge in [0.05, 0.1) is 35.9 Å². The maximum Gasteiger partial charge on any atom is 0.404 e. The van der Waals surface area contributed by atoms with Crippen LogP contribution in [0, 0.1) is 20.2 Å². The topological polar surface area (TPSA) is 142 Å². The molecule has 1 N–H and O–H groups in total. The predicted molar refractivity (Wildman–Crippen MR) is 89.5 cm³/mol. The van der Waals surface area contributed by atoms with Crippen LogP contribution >= 0.6 is 15.9 Å². The lowest BCUT2D eigenvalue weighted by atomic mass is 10.2. The van der Waals surface area contributed by atoms with Gasteiger partial charge in [-0.05, 0) is 33.0 Å². The van der Waals surface area contributed by atoms with Crippen molar-refractivity contribution < 1.29 is 19.4 Å². The number of carbonyl (C=O) groups excluding carboxylic acids is 1. The Morgan fingerprint density at radius 1 is 1.36 bits per heavy atom. The molecule has 1 aromatic heterocycles. The number of anilines is 1. The largest absolute Gasteiger partial charge is 0.496 e. The number of carbonyl (C=O) groups is 1. The fourth-order valence-electron chi connectivity index (χ4n) is 1.95. The first-order valence-corrected chi connectivity index (χ1v) is 7.60. The van der Waals surface area contributed by atoms with E-state index >= 15 is 0 Å². The summed E-state index contributed by atoms with van der Waals surface area (Å²) in [5, 5.41) is 27.9. The molecule has 0 radical (unpaired) electrons. The number of hydrogen-bond donors (Lipinski definition) is 1. The number of nitrogens with one attached hydrogen (secondary N) is 1. The van der Waals surface area contributed by atoms with E-state index in [4.69, 9.17) is 4.74 Å². The van der Waals surface area contributed by atoms with Crippen molar-refractivity contribution >= 4 is 39.0 Å². The molecule has 0 unspecified atom stereocenters. The molecule has 0 saturated carbocycles. The maximum atomic E-state index is 12.0.